The van der Waals surface area contributed by atoms with Gasteiger partial charge < -0.3 is 15.0 Å². The van der Waals surface area contributed by atoms with Gasteiger partial charge in [-0.1, -0.05) is 6.58 Å². The fourth-order valence-electron chi connectivity index (χ4n) is 4.03. The van der Waals surface area contributed by atoms with E-state index in [-0.39, 0.29) is 29.4 Å². The van der Waals surface area contributed by atoms with Gasteiger partial charge in [0.25, 0.3) is 0 Å². The first kappa shape index (κ1) is 23.4. The van der Waals surface area contributed by atoms with Crippen LogP contribution in [-0.4, -0.2) is 36.0 Å². The van der Waals surface area contributed by atoms with E-state index in [1.54, 1.807) is 7.11 Å². The molecule has 1 aliphatic heterocycles. The van der Waals surface area contributed by atoms with Gasteiger partial charge in [0.15, 0.2) is 11.6 Å². The van der Waals surface area contributed by atoms with Crippen LogP contribution in [0, 0.1) is 11.6 Å². The maximum Gasteiger partial charge on any atom is 0.227 e. The number of aromatic nitrogens is 2. The lowest BCUT2D eigenvalue weighted by molar-refractivity contribution is -0.114. The third kappa shape index (κ3) is 5.22. The molecule has 1 aromatic heterocycles. The van der Waals surface area contributed by atoms with Crippen molar-refractivity contribution in [1.29, 1.82) is 0 Å². The molecule has 2 heterocycles. The highest BCUT2D eigenvalue weighted by atomic mass is 19.1. The molecule has 8 heteroatoms. The summed E-state index contributed by atoms with van der Waals surface area (Å²) >= 11 is 0. The molecular weight excluding hydrogens is 438 g/mol. The molecule has 0 spiro atoms. The molecular formula is C26H26F2N4O2. The Balaban J connectivity index is 1.63. The molecule has 0 unspecified atom stereocenters. The summed E-state index contributed by atoms with van der Waals surface area (Å²) in [7, 11) is 1.64. The first-order chi connectivity index (χ1) is 16.5. The molecule has 1 fully saturated rings. The number of ether oxygens (including phenoxy) is 1. The van der Waals surface area contributed by atoms with Gasteiger partial charge in [-0.25, -0.2) is 18.7 Å². The zero-order valence-corrected chi connectivity index (χ0v) is 19.0. The number of carbonyl (C=O) groups is 1. The summed E-state index contributed by atoms with van der Waals surface area (Å²) in [6.45, 7) is 5.32. The fraction of sp³-hybridized carbons (Fsp3) is 0.269. The van der Waals surface area contributed by atoms with E-state index in [4.69, 9.17) is 4.74 Å². The number of ketones is 1. The van der Waals surface area contributed by atoms with E-state index >= 15 is 0 Å². The van der Waals surface area contributed by atoms with Gasteiger partial charge in [-0.05, 0) is 67.3 Å². The van der Waals surface area contributed by atoms with E-state index in [2.05, 4.69) is 26.8 Å². The second-order valence-electron chi connectivity index (χ2n) is 8.10. The first-order valence-electron chi connectivity index (χ1n) is 11.1. The van der Waals surface area contributed by atoms with E-state index in [0.29, 0.717) is 5.56 Å². The number of hydrogen-bond donors (Lipinski definition) is 1. The molecule has 0 radical (unpaired) electrons. The van der Waals surface area contributed by atoms with Crippen molar-refractivity contribution in [2.45, 2.75) is 25.7 Å². The molecule has 1 N–H and O–H groups in total. The van der Waals surface area contributed by atoms with Crippen molar-refractivity contribution in [2.24, 2.45) is 0 Å². The van der Waals surface area contributed by atoms with Crippen LogP contribution in [-0.2, 0) is 11.2 Å². The molecule has 0 atom stereocenters. The molecule has 1 saturated heterocycles. The van der Waals surface area contributed by atoms with E-state index in [1.165, 1.54) is 24.6 Å². The van der Waals surface area contributed by atoms with Gasteiger partial charge >= 0.3 is 0 Å². The predicted octanol–water partition coefficient (Wildman–Crippen LogP) is 5.46. The van der Waals surface area contributed by atoms with E-state index in [1.807, 2.05) is 18.2 Å². The van der Waals surface area contributed by atoms with Crippen LogP contribution in [0.4, 0.5) is 26.1 Å². The largest absolute Gasteiger partial charge is 0.495 e. The molecule has 0 saturated carbocycles. The Kier molecular flexibility index (Phi) is 7.15. The monoisotopic (exact) mass is 464 g/mol. The van der Waals surface area contributed by atoms with Gasteiger partial charge in [0, 0.05) is 30.8 Å². The van der Waals surface area contributed by atoms with Crippen molar-refractivity contribution in [3.8, 4) is 17.0 Å². The van der Waals surface area contributed by atoms with Crippen molar-refractivity contribution in [3.05, 3.63) is 72.4 Å². The maximum absolute atomic E-state index is 14.6. The molecule has 4 rings (SSSR count). The van der Waals surface area contributed by atoms with Crippen molar-refractivity contribution >= 4 is 23.1 Å². The van der Waals surface area contributed by atoms with Crippen LogP contribution in [0.1, 0.15) is 24.8 Å². The highest BCUT2D eigenvalue weighted by Gasteiger charge is 2.17. The van der Waals surface area contributed by atoms with Gasteiger partial charge in [0.2, 0.25) is 5.95 Å². The zero-order valence-electron chi connectivity index (χ0n) is 19.0. The number of piperidine rings is 1. The minimum absolute atomic E-state index is 0.00886. The van der Waals surface area contributed by atoms with Crippen molar-refractivity contribution in [3.63, 3.8) is 0 Å². The summed E-state index contributed by atoms with van der Waals surface area (Å²) in [4.78, 5) is 22.4. The average Bonchev–Trinajstić information content (AvgIpc) is 2.87. The summed E-state index contributed by atoms with van der Waals surface area (Å²) < 4.78 is 34.3. The van der Waals surface area contributed by atoms with Gasteiger partial charge in [-0.2, -0.15) is 0 Å². The van der Waals surface area contributed by atoms with Crippen LogP contribution in [0.3, 0.4) is 0 Å². The molecule has 0 amide bonds. The Morgan fingerprint density at radius 2 is 1.94 bits per heavy atom. The number of hydrogen-bond acceptors (Lipinski definition) is 6. The van der Waals surface area contributed by atoms with Gasteiger partial charge in [-0.3, -0.25) is 4.79 Å². The SMILES string of the molecule is C=CC(=O)Cc1cc(-c2nc(Nc3ccc(OC)c(N4CCCCC4)c3)ncc2F)ccc1F. The molecule has 1 aliphatic rings. The van der Waals surface area contributed by atoms with E-state index in [9.17, 15) is 13.6 Å². The molecule has 0 bridgehead atoms. The number of nitrogens with zero attached hydrogens (tertiary/aromatic N) is 3. The van der Waals surface area contributed by atoms with Crippen LogP contribution < -0.4 is 15.0 Å². The summed E-state index contributed by atoms with van der Waals surface area (Å²) in [6, 6.07) is 9.73. The summed E-state index contributed by atoms with van der Waals surface area (Å²) in [5.74, 6) is -0.553. The number of anilines is 3. The van der Waals surface area contributed by atoms with Gasteiger partial charge in [0.1, 0.15) is 17.3 Å². The summed E-state index contributed by atoms with van der Waals surface area (Å²) in [6.07, 6.45) is 5.51. The number of carbonyl (C=O) groups excluding carboxylic acids is 1. The second kappa shape index (κ2) is 10.4. The smallest absolute Gasteiger partial charge is 0.227 e. The van der Waals surface area contributed by atoms with Crippen LogP contribution in [0.2, 0.25) is 0 Å². The normalized spacial score (nSPS) is 13.4. The zero-order chi connectivity index (χ0) is 24.1. The van der Waals surface area contributed by atoms with Crippen LogP contribution in [0.25, 0.3) is 11.3 Å². The third-order valence-corrected chi connectivity index (χ3v) is 5.79. The van der Waals surface area contributed by atoms with Crippen molar-refractivity contribution in [1.82, 2.24) is 9.97 Å². The van der Waals surface area contributed by atoms with Crippen molar-refractivity contribution in [2.75, 3.05) is 30.4 Å². The number of rotatable bonds is 8. The molecule has 3 aromatic rings. The second-order valence-corrected chi connectivity index (χ2v) is 8.10. The molecule has 2 aromatic carbocycles. The fourth-order valence-corrected chi connectivity index (χ4v) is 4.03. The van der Waals surface area contributed by atoms with Crippen LogP contribution in [0.5, 0.6) is 5.75 Å². The Hall–Kier alpha value is -3.81. The highest BCUT2D eigenvalue weighted by molar-refractivity contribution is 5.91. The van der Waals surface area contributed by atoms with E-state index in [0.717, 1.165) is 55.3 Å². The van der Waals surface area contributed by atoms with Gasteiger partial charge in [0.05, 0.1) is 19.0 Å². The Labute approximate surface area is 197 Å². The minimum atomic E-state index is -0.651. The number of methoxy groups -OCH3 is 1. The lowest BCUT2D eigenvalue weighted by Crippen LogP contribution is -2.29. The number of benzene rings is 2. The molecule has 6 nitrogen and oxygen atoms in total. The topological polar surface area (TPSA) is 67.3 Å². The number of allylic oxidation sites excluding steroid dienone is 1. The predicted molar refractivity (Wildman–Crippen MR) is 129 cm³/mol. The van der Waals surface area contributed by atoms with Crippen molar-refractivity contribution < 1.29 is 18.3 Å². The van der Waals surface area contributed by atoms with Gasteiger partial charge in [-0.15, -0.1) is 0 Å². The Morgan fingerprint density at radius 1 is 1.15 bits per heavy atom. The third-order valence-electron chi connectivity index (χ3n) is 5.79. The summed E-state index contributed by atoms with van der Waals surface area (Å²) in [5, 5.41) is 3.13. The maximum atomic E-state index is 14.6. The quantitative estimate of drug-likeness (QED) is 0.447. The molecule has 176 valence electrons. The molecule has 34 heavy (non-hydrogen) atoms. The summed E-state index contributed by atoms with van der Waals surface area (Å²) in [5.41, 5.74) is 2.21. The number of nitrogens with one attached hydrogen (secondary N) is 1. The standard InChI is InChI=1S/C26H26F2N4O2/c1-3-20(33)14-18-13-17(7-9-21(18)27)25-22(28)16-29-26(31-25)30-19-8-10-24(34-2)23(15-19)32-11-5-4-6-12-32/h3,7-10,13,15-16H,1,4-6,11-12,14H2,2H3,(H,29,30,31). The van der Waals surface area contributed by atoms with Crippen LogP contribution in [0.15, 0.2) is 55.3 Å². The lowest BCUT2D eigenvalue weighted by Gasteiger charge is -2.30. The highest BCUT2D eigenvalue weighted by Crippen LogP contribution is 2.34. The Bertz CT molecular complexity index is 1210. The average molecular weight is 465 g/mol. The Morgan fingerprint density at radius 3 is 2.68 bits per heavy atom. The van der Waals surface area contributed by atoms with E-state index < -0.39 is 11.6 Å². The minimum Gasteiger partial charge on any atom is -0.495 e. The first-order valence-corrected chi connectivity index (χ1v) is 11.1. The number of halogens is 2. The van der Waals surface area contributed by atoms with Crippen LogP contribution >= 0.6 is 0 Å². The molecule has 0 aliphatic carbocycles. The lowest BCUT2D eigenvalue weighted by atomic mass is 10.0.